The smallest absolute Gasteiger partial charge is 0.394 e. The van der Waals surface area contributed by atoms with E-state index in [0.29, 0.717) is 0 Å². The molecule has 4 nitrogen and oxygen atoms in total. The number of hydrogen-bond donors (Lipinski definition) is 2. The van der Waals surface area contributed by atoms with Gasteiger partial charge in [0, 0.05) is 0 Å². The molecule has 1 aromatic carbocycles. The third-order valence-electron chi connectivity index (χ3n) is 1.84. The Morgan fingerprint density at radius 1 is 1.29 bits per heavy atom. The molecule has 1 atom stereocenters. The van der Waals surface area contributed by atoms with Crippen LogP contribution in [0, 0.1) is 0 Å². The normalized spacial score (nSPS) is 11.8. The van der Waals surface area contributed by atoms with Crippen molar-refractivity contribution < 1.29 is 14.7 Å². The first-order valence-corrected chi connectivity index (χ1v) is 4.20. The molecule has 0 fully saturated rings. The largest absolute Gasteiger partial charge is 0.474 e. The molecule has 0 aliphatic rings. The number of hydrogen-bond acceptors (Lipinski definition) is 2. The lowest BCUT2D eigenvalue weighted by Crippen LogP contribution is -2.32. The highest BCUT2D eigenvalue weighted by atomic mass is 16.4. The highest BCUT2D eigenvalue weighted by Crippen LogP contribution is 2.10. The Morgan fingerprint density at radius 3 is 2.36 bits per heavy atom. The van der Waals surface area contributed by atoms with Gasteiger partial charge in [-0.1, -0.05) is 30.3 Å². The summed E-state index contributed by atoms with van der Waals surface area (Å²) >= 11 is 0. The van der Waals surface area contributed by atoms with E-state index < -0.39 is 11.9 Å². The summed E-state index contributed by atoms with van der Waals surface area (Å²) in [7, 11) is 0. The van der Waals surface area contributed by atoms with Crippen LogP contribution in [0.25, 0.3) is 0 Å². The second-order valence-corrected chi connectivity index (χ2v) is 2.91. The number of carbonyl (C=O) groups excluding carboxylic acids is 1. The quantitative estimate of drug-likeness (QED) is 0.687. The number of amides is 1. The summed E-state index contributed by atoms with van der Waals surface area (Å²) in [5.41, 5.74) is 0.877. The summed E-state index contributed by atoms with van der Waals surface area (Å²) in [6.07, 6.45) is 0. The molecular weight excluding hydrogens is 182 g/mol. The molecule has 2 N–H and O–H groups in total. The lowest BCUT2D eigenvalue weighted by molar-refractivity contribution is -0.150. The van der Waals surface area contributed by atoms with Crippen LogP contribution in [0.4, 0.5) is 0 Å². The molecule has 1 rings (SSSR count). The predicted molar refractivity (Wildman–Crippen MR) is 50.6 cm³/mol. The molecule has 0 aliphatic heterocycles. The Morgan fingerprint density at radius 2 is 1.86 bits per heavy atom. The van der Waals surface area contributed by atoms with E-state index in [1.165, 1.54) is 0 Å². The Balaban J connectivity index is 2.64. The average Bonchev–Trinajstić information content (AvgIpc) is 2.19. The Labute approximate surface area is 81.6 Å². The van der Waals surface area contributed by atoms with Gasteiger partial charge < -0.3 is 10.4 Å². The topological polar surface area (TPSA) is 66.4 Å². The summed E-state index contributed by atoms with van der Waals surface area (Å²) in [6, 6.07) is 8.88. The number of nitrogens with one attached hydrogen (secondary N) is 1. The molecule has 0 bridgehead atoms. The van der Waals surface area contributed by atoms with Gasteiger partial charge in [-0.05, 0) is 12.5 Å². The molecule has 1 aromatic rings. The standard InChI is InChI=1S/C10H11NO3/c1-7(11-9(12)10(13)14)8-5-3-2-4-6-8/h2-7H,1H3,(H,11,12)(H,13,14)/t7-/m1/s1. The number of rotatable bonds is 2. The summed E-state index contributed by atoms with van der Waals surface area (Å²) < 4.78 is 0. The molecule has 0 saturated heterocycles. The third kappa shape index (κ3) is 2.58. The second kappa shape index (κ2) is 4.41. The number of carboxylic acid groups (broad SMARTS) is 1. The third-order valence-corrected chi connectivity index (χ3v) is 1.84. The maximum atomic E-state index is 10.8. The van der Waals surface area contributed by atoms with Gasteiger partial charge in [-0.25, -0.2) is 4.79 Å². The molecule has 0 aliphatic carbocycles. The summed E-state index contributed by atoms with van der Waals surface area (Å²) in [4.78, 5) is 21.1. The zero-order valence-electron chi connectivity index (χ0n) is 7.73. The Bertz CT molecular complexity index is 334. The van der Waals surface area contributed by atoms with Crippen LogP contribution < -0.4 is 5.32 Å². The van der Waals surface area contributed by atoms with E-state index in [2.05, 4.69) is 5.32 Å². The first kappa shape index (κ1) is 10.2. The molecule has 0 radical (unpaired) electrons. The summed E-state index contributed by atoms with van der Waals surface area (Å²) in [5.74, 6) is -2.45. The zero-order chi connectivity index (χ0) is 10.6. The van der Waals surface area contributed by atoms with Gasteiger partial charge in [-0.15, -0.1) is 0 Å². The van der Waals surface area contributed by atoms with Crippen molar-refractivity contribution in [2.24, 2.45) is 0 Å². The van der Waals surface area contributed by atoms with Crippen LogP contribution in [-0.4, -0.2) is 17.0 Å². The van der Waals surface area contributed by atoms with E-state index in [9.17, 15) is 9.59 Å². The van der Waals surface area contributed by atoms with Gasteiger partial charge in [0.2, 0.25) is 0 Å². The number of carboxylic acids is 1. The highest BCUT2D eigenvalue weighted by molar-refractivity contribution is 6.31. The zero-order valence-corrected chi connectivity index (χ0v) is 7.73. The van der Waals surface area contributed by atoms with Gasteiger partial charge in [0.25, 0.3) is 0 Å². The minimum atomic E-state index is -1.47. The van der Waals surface area contributed by atoms with Gasteiger partial charge in [-0.2, -0.15) is 0 Å². The van der Waals surface area contributed by atoms with Crippen molar-refractivity contribution >= 4 is 11.9 Å². The number of carbonyl (C=O) groups is 2. The molecule has 14 heavy (non-hydrogen) atoms. The molecule has 0 unspecified atom stereocenters. The molecule has 4 heteroatoms. The fourth-order valence-corrected chi connectivity index (χ4v) is 1.08. The van der Waals surface area contributed by atoms with Crippen LogP contribution in [0.5, 0.6) is 0 Å². The first-order valence-electron chi connectivity index (χ1n) is 4.20. The van der Waals surface area contributed by atoms with Crippen LogP contribution in [0.3, 0.4) is 0 Å². The fraction of sp³-hybridized carbons (Fsp3) is 0.200. The molecule has 0 spiro atoms. The minimum absolute atomic E-state index is 0.292. The van der Waals surface area contributed by atoms with Gasteiger partial charge in [-0.3, -0.25) is 4.79 Å². The van der Waals surface area contributed by atoms with Crippen LogP contribution in [0.2, 0.25) is 0 Å². The number of benzene rings is 1. The second-order valence-electron chi connectivity index (χ2n) is 2.91. The van der Waals surface area contributed by atoms with E-state index in [1.807, 2.05) is 30.3 Å². The van der Waals surface area contributed by atoms with E-state index in [-0.39, 0.29) is 6.04 Å². The van der Waals surface area contributed by atoms with Crippen molar-refractivity contribution in [1.82, 2.24) is 5.32 Å². The SMILES string of the molecule is C[C@@H](NC(=O)C(=O)O)c1ccccc1. The van der Waals surface area contributed by atoms with Crippen LogP contribution in [-0.2, 0) is 9.59 Å². The highest BCUT2D eigenvalue weighted by Gasteiger charge is 2.14. The molecule has 0 saturated carbocycles. The van der Waals surface area contributed by atoms with Gasteiger partial charge in [0.05, 0.1) is 6.04 Å². The van der Waals surface area contributed by atoms with Gasteiger partial charge >= 0.3 is 11.9 Å². The van der Waals surface area contributed by atoms with Gasteiger partial charge in [0.15, 0.2) is 0 Å². The summed E-state index contributed by atoms with van der Waals surface area (Å²) in [6.45, 7) is 1.73. The summed E-state index contributed by atoms with van der Waals surface area (Å²) in [5, 5.41) is 10.7. The monoisotopic (exact) mass is 193 g/mol. The molecule has 74 valence electrons. The van der Waals surface area contributed by atoms with Crippen molar-refractivity contribution in [2.75, 3.05) is 0 Å². The maximum absolute atomic E-state index is 10.8. The van der Waals surface area contributed by atoms with Crippen molar-refractivity contribution in [3.63, 3.8) is 0 Å². The van der Waals surface area contributed by atoms with E-state index in [0.717, 1.165) is 5.56 Å². The first-order chi connectivity index (χ1) is 6.61. The molecule has 1 amide bonds. The van der Waals surface area contributed by atoms with Crippen LogP contribution in [0.15, 0.2) is 30.3 Å². The molecule has 0 heterocycles. The van der Waals surface area contributed by atoms with Crippen molar-refractivity contribution in [3.8, 4) is 0 Å². The fourth-order valence-electron chi connectivity index (χ4n) is 1.08. The van der Waals surface area contributed by atoms with E-state index in [4.69, 9.17) is 5.11 Å². The Hall–Kier alpha value is -1.84. The van der Waals surface area contributed by atoms with Crippen LogP contribution >= 0.6 is 0 Å². The number of aliphatic carboxylic acids is 1. The van der Waals surface area contributed by atoms with E-state index >= 15 is 0 Å². The predicted octanol–water partition coefficient (Wildman–Crippen LogP) is 0.948. The molecule has 0 aromatic heterocycles. The lowest BCUT2D eigenvalue weighted by atomic mass is 10.1. The lowest BCUT2D eigenvalue weighted by Gasteiger charge is -2.11. The van der Waals surface area contributed by atoms with Crippen LogP contribution in [0.1, 0.15) is 18.5 Å². The Kier molecular flexibility index (Phi) is 3.23. The average molecular weight is 193 g/mol. The molecular formula is C10H11NO3. The van der Waals surface area contributed by atoms with Crippen molar-refractivity contribution in [3.05, 3.63) is 35.9 Å². The van der Waals surface area contributed by atoms with E-state index in [1.54, 1.807) is 6.92 Å². The van der Waals surface area contributed by atoms with Crippen molar-refractivity contribution in [2.45, 2.75) is 13.0 Å². The van der Waals surface area contributed by atoms with Gasteiger partial charge in [0.1, 0.15) is 0 Å². The van der Waals surface area contributed by atoms with Crippen molar-refractivity contribution in [1.29, 1.82) is 0 Å². The maximum Gasteiger partial charge on any atom is 0.394 e. The minimum Gasteiger partial charge on any atom is -0.474 e.